The molecule has 2 fully saturated rings. The second-order valence-electron chi connectivity index (χ2n) is 6.30. The van der Waals surface area contributed by atoms with Crippen molar-refractivity contribution in [3.8, 4) is 11.5 Å². The molecule has 0 saturated carbocycles. The molecule has 0 unspecified atom stereocenters. The van der Waals surface area contributed by atoms with Gasteiger partial charge in [0.1, 0.15) is 13.2 Å². The Morgan fingerprint density at radius 2 is 1.86 bits per heavy atom. The Morgan fingerprint density at radius 3 is 2.77 bits per heavy atom. The number of rotatable bonds is 1. The molecule has 1 aromatic rings. The zero-order chi connectivity index (χ0) is 14.9. The van der Waals surface area contributed by atoms with E-state index in [1.54, 1.807) is 0 Å². The average molecular weight is 302 g/mol. The summed E-state index contributed by atoms with van der Waals surface area (Å²) in [5, 5.41) is 0. The molecule has 5 nitrogen and oxygen atoms in total. The van der Waals surface area contributed by atoms with Gasteiger partial charge in [0.15, 0.2) is 11.5 Å². The van der Waals surface area contributed by atoms with E-state index in [2.05, 4.69) is 4.90 Å². The summed E-state index contributed by atoms with van der Waals surface area (Å²) in [4.78, 5) is 17.4. The van der Waals surface area contributed by atoms with Crippen LogP contribution in [-0.2, 0) is 0 Å². The van der Waals surface area contributed by atoms with Crippen molar-refractivity contribution in [3.05, 3.63) is 23.8 Å². The summed E-state index contributed by atoms with van der Waals surface area (Å²) in [6.07, 6.45) is 3.54. The van der Waals surface area contributed by atoms with Crippen molar-refractivity contribution >= 4 is 5.91 Å². The Labute approximate surface area is 130 Å². The molecule has 3 heterocycles. The highest BCUT2D eigenvalue weighted by molar-refractivity contribution is 5.95. The second kappa shape index (κ2) is 5.80. The molecule has 0 aliphatic carbocycles. The van der Waals surface area contributed by atoms with Gasteiger partial charge in [-0.15, -0.1) is 0 Å². The van der Waals surface area contributed by atoms with Crippen LogP contribution in [0.1, 0.15) is 29.6 Å². The summed E-state index contributed by atoms with van der Waals surface area (Å²) in [5.41, 5.74) is 0.704. The SMILES string of the molecule is O=C(c1ccc2c(c1)OCCO2)N1CCCN2CCC[C@H]2C1. The lowest BCUT2D eigenvalue weighted by Crippen LogP contribution is -2.39. The van der Waals surface area contributed by atoms with E-state index in [1.807, 2.05) is 23.1 Å². The zero-order valence-corrected chi connectivity index (χ0v) is 12.8. The Balaban J connectivity index is 1.53. The number of amides is 1. The summed E-state index contributed by atoms with van der Waals surface area (Å²) in [7, 11) is 0. The maximum absolute atomic E-state index is 12.8. The summed E-state index contributed by atoms with van der Waals surface area (Å²) in [6.45, 7) is 5.13. The van der Waals surface area contributed by atoms with Crippen LogP contribution in [0.4, 0.5) is 0 Å². The lowest BCUT2D eigenvalue weighted by atomic mass is 10.1. The van der Waals surface area contributed by atoms with Gasteiger partial charge in [-0.05, 0) is 44.0 Å². The van der Waals surface area contributed by atoms with Crippen LogP contribution >= 0.6 is 0 Å². The van der Waals surface area contributed by atoms with E-state index in [0.717, 1.165) is 31.8 Å². The van der Waals surface area contributed by atoms with Crippen LogP contribution in [0.15, 0.2) is 18.2 Å². The minimum atomic E-state index is 0.116. The third-order valence-electron chi connectivity index (χ3n) is 4.88. The number of ether oxygens (including phenoxy) is 2. The summed E-state index contributed by atoms with van der Waals surface area (Å²) in [5.74, 6) is 1.54. The third kappa shape index (κ3) is 2.54. The number of hydrogen-bond acceptors (Lipinski definition) is 4. The van der Waals surface area contributed by atoms with Gasteiger partial charge in [-0.3, -0.25) is 9.69 Å². The van der Waals surface area contributed by atoms with Crippen LogP contribution in [0.25, 0.3) is 0 Å². The maximum Gasteiger partial charge on any atom is 0.254 e. The minimum absolute atomic E-state index is 0.116. The Kier molecular flexibility index (Phi) is 3.66. The Morgan fingerprint density at radius 1 is 1.05 bits per heavy atom. The van der Waals surface area contributed by atoms with Gasteiger partial charge in [0.05, 0.1) is 0 Å². The lowest BCUT2D eigenvalue weighted by molar-refractivity contribution is 0.0742. The van der Waals surface area contributed by atoms with Gasteiger partial charge in [0.2, 0.25) is 0 Å². The van der Waals surface area contributed by atoms with E-state index in [0.29, 0.717) is 30.6 Å². The molecule has 0 bridgehead atoms. The van der Waals surface area contributed by atoms with Gasteiger partial charge < -0.3 is 14.4 Å². The van der Waals surface area contributed by atoms with E-state index in [9.17, 15) is 4.79 Å². The van der Waals surface area contributed by atoms with Gasteiger partial charge in [0.25, 0.3) is 5.91 Å². The van der Waals surface area contributed by atoms with Crippen LogP contribution in [0, 0.1) is 0 Å². The molecule has 2 saturated heterocycles. The molecular formula is C17H22N2O3. The van der Waals surface area contributed by atoms with Crippen LogP contribution in [0.2, 0.25) is 0 Å². The monoisotopic (exact) mass is 302 g/mol. The van der Waals surface area contributed by atoms with E-state index in [-0.39, 0.29) is 5.91 Å². The van der Waals surface area contributed by atoms with Crippen molar-refractivity contribution in [1.82, 2.24) is 9.80 Å². The van der Waals surface area contributed by atoms with Crippen LogP contribution in [-0.4, -0.2) is 61.1 Å². The Bertz CT molecular complexity index is 575. The van der Waals surface area contributed by atoms with Crippen LogP contribution in [0.5, 0.6) is 11.5 Å². The van der Waals surface area contributed by atoms with Crippen LogP contribution < -0.4 is 9.47 Å². The molecule has 1 aromatic carbocycles. The molecule has 1 atom stereocenters. The molecule has 22 heavy (non-hydrogen) atoms. The summed E-state index contributed by atoms with van der Waals surface area (Å²) >= 11 is 0. The molecule has 3 aliphatic rings. The highest BCUT2D eigenvalue weighted by Gasteiger charge is 2.31. The molecule has 5 heteroatoms. The second-order valence-corrected chi connectivity index (χ2v) is 6.30. The number of carbonyl (C=O) groups excluding carboxylic acids is 1. The van der Waals surface area contributed by atoms with Gasteiger partial charge in [-0.2, -0.15) is 0 Å². The lowest BCUT2D eigenvalue weighted by Gasteiger charge is -2.26. The third-order valence-corrected chi connectivity index (χ3v) is 4.88. The molecule has 0 spiro atoms. The number of carbonyl (C=O) groups is 1. The van der Waals surface area contributed by atoms with Crippen molar-refractivity contribution in [2.45, 2.75) is 25.3 Å². The fourth-order valence-corrected chi connectivity index (χ4v) is 3.75. The van der Waals surface area contributed by atoms with E-state index >= 15 is 0 Å². The highest BCUT2D eigenvalue weighted by atomic mass is 16.6. The highest BCUT2D eigenvalue weighted by Crippen LogP contribution is 2.31. The number of fused-ring (bicyclic) bond motifs is 2. The van der Waals surface area contributed by atoms with Gasteiger partial charge in [0, 0.05) is 31.2 Å². The first-order chi connectivity index (χ1) is 10.8. The predicted octanol–water partition coefficient (Wildman–Crippen LogP) is 1.77. The first-order valence-corrected chi connectivity index (χ1v) is 8.24. The van der Waals surface area contributed by atoms with E-state index in [1.165, 1.54) is 19.4 Å². The molecule has 118 valence electrons. The largest absolute Gasteiger partial charge is 0.486 e. The van der Waals surface area contributed by atoms with Crippen molar-refractivity contribution in [1.29, 1.82) is 0 Å². The molecule has 4 rings (SSSR count). The van der Waals surface area contributed by atoms with E-state index in [4.69, 9.17) is 9.47 Å². The first kappa shape index (κ1) is 13.9. The number of benzene rings is 1. The summed E-state index contributed by atoms with van der Waals surface area (Å²) < 4.78 is 11.1. The number of nitrogens with zero attached hydrogens (tertiary/aromatic N) is 2. The molecule has 0 N–H and O–H groups in total. The quantitative estimate of drug-likeness (QED) is 0.793. The molecule has 3 aliphatic heterocycles. The van der Waals surface area contributed by atoms with Gasteiger partial charge in [-0.25, -0.2) is 0 Å². The molecule has 0 radical (unpaired) electrons. The van der Waals surface area contributed by atoms with Crippen molar-refractivity contribution in [3.63, 3.8) is 0 Å². The molecule has 0 aromatic heterocycles. The fraction of sp³-hybridized carbons (Fsp3) is 0.588. The zero-order valence-electron chi connectivity index (χ0n) is 12.8. The topological polar surface area (TPSA) is 42.0 Å². The Hall–Kier alpha value is -1.75. The fourth-order valence-electron chi connectivity index (χ4n) is 3.75. The van der Waals surface area contributed by atoms with Crippen molar-refractivity contribution < 1.29 is 14.3 Å². The molecule has 1 amide bonds. The predicted molar refractivity (Wildman–Crippen MR) is 82.5 cm³/mol. The first-order valence-electron chi connectivity index (χ1n) is 8.24. The average Bonchev–Trinajstić information content (AvgIpc) is 2.90. The van der Waals surface area contributed by atoms with Crippen molar-refractivity contribution in [2.75, 3.05) is 39.4 Å². The maximum atomic E-state index is 12.8. The standard InChI is InChI=1S/C17H22N2O3/c20-17(13-4-5-15-16(11-13)22-10-9-21-15)19-8-2-7-18-6-1-3-14(18)12-19/h4-5,11,14H,1-3,6-10,12H2/t14-/m0/s1. The van der Waals surface area contributed by atoms with Gasteiger partial charge >= 0.3 is 0 Å². The van der Waals surface area contributed by atoms with E-state index < -0.39 is 0 Å². The van der Waals surface area contributed by atoms with Crippen LogP contribution in [0.3, 0.4) is 0 Å². The van der Waals surface area contributed by atoms with Gasteiger partial charge in [-0.1, -0.05) is 0 Å². The minimum Gasteiger partial charge on any atom is -0.486 e. The van der Waals surface area contributed by atoms with Crippen molar-refractivity contribution in [2.24, 2.45) is 0 Å². The summed E-state index contributed by atoms with van der Waals surface area (Å²) in [6, 6.07) is 6.08. The molecular weight excluding hydrogens is 280 g/mol. The smallest absolute Gasteiger partial charge is 0.254 e. The normalized spacial score (nSPS) is 24.7. The number of hydrogen-bond donors (Lipinski definition) is 0.